The molecule has 1 atom stereocenters. The first-order valence-electron chi connectivity index (χ1n) is 8.09. The number of hydrogen-bond donors (Lipinski definition) is 2. The number of benzene rings is 1. The molecule has 0 saturated heterocycles. The van der Waals surface area contributed by atoms with Gasteiger partial charge in [-0.05, 0) is 44.5 Å². The Kier molecular flexibility index (Phi) is 4.65. The molecule has 27 heavy (non-hydrogen) atoms. The predicted molar refractivity (Wildman–Crippen MR) is 94.7 cm³/mol. The molecule has 3 aromatic rings. The van der Waals surface area contributed by atoms with Crippen LogP contribution in [0.25, 0.3) is 22.4 Å². The third-order valence-electron chi connectivity index (χ3n) is 4.23. The SMILES string of the molecule is Cc1cc(C(C)NC(=O)O)c2oc(-c3nc(F)ccc3F)c(C)c(=O)c2c1. The number of nitrogens with one attached hydrogen (secondary N) is 1. The lowest BCUT2D eigenvalue weighted by atomic mass is 9.99. The van der Waals surface area contributed by atoms with E-state index in [-0.39, 0.29) is 22.3 Å². The van der Waals surface area contributed by atoms with E-state index in [1.807, 2.05) is 0 Å². The summed E-state index contributed by atoms with van der Waals surface area (Å²) in [4.78, 5) is 27.3. The first kappa shape index (κ1) is 18.5. The molecule has 2 N–H and O–H groups in total. The molecule has 0 aliphatic rings. The first-order chi connectivity index (χ1) is 12.7. The van der Waals surface area contributed by atoms with Crippen molar-refractivity contribution in [3.8, 4) is 11.5 Å². The van der Waals surface area contributed by atoms with Crippen molar-refractivity contribution >= 4 is 17.1 Å². The number of amides is 1. The number of aryl methyl sites for hydroxylation is 1. The normalized spacial score (nSPS) is 12.2. The minimum atomic E-state index is -1.25. The highest BCUT2D eigenvalue weighted by atomic mass is 19.1. The molecule has 2 heterocycles. The third kappa shape index (κ3) is 3.38. The number of fused-ring (bicyclic) bond motifs is 1. The number of carbonyl (C=O) groups is 1. The second kappa shape index (κ2) is 6.79. The zero-order chi connectivity index (χ0) is 19.9. The van der Waals surface area contributed by atoms with E-state index in [1.165, 1.54) is 6.92 Å². The molecule has 0 bridgehead atoms. The van der Waals surface area contributed by atoms with Crippen LogP contribution < -0.4 is 10.7 Å². The van der Waals surface area contributed by atoms with Gasteiger partial charge in [0.2, 0.25) is 5.95 Å². The fourth-order valence-corrected chi connectivity index (χ4v) is 2.96. The molecule has 0 fully saturated rings. The minimum absolute atomic E-state index is 0.0786. The Morgan fingerprint density at radius 3 is 2.63 bits per heavy atom. The number of nitrogens with zero attached hydrogens (tertiary/aromatic N) is 1. The molecule has 2 aromatic heterocycles. The molecule has 1 unspecified atom stereocenters. The highest BCUT2D eigenvalue weighted by Crippen LogP contribution is 2.31. The topological polar surface area (TPSA) is 92.4 Å². The summed E-state index contributed by atoms with van der Waals surface area (Å²) in [5.74, 6) is -1.96. The average Bonchev–Trinajstić information content (AvgIpc) is 2.59. The molecule has 0 saturated carbocycles. The maximum absolute atomic E-state index is 14.2. The van der Waals surface area contributed by atoms with Crippen LogP contribution in [0.2, 0.25) is 0 Å². The monoisotopic (exact) mass is 374 g/mol. The van der Waals surface area contributed by atoms with Crippen molar-refractivity contribution in [2.24, 2.45) is 0 Å². The second-order valence-corrected chi connectivity index (χ2v) is 6.25. The van der Waals surface area contributed by atoms with Gasteiger partial charge in [-0.1, -0.05) is 6.07 Å². The van der Waals surface area contributed by atoms with Gasteiger partial charge in [0.25, 0.3) is 0 Å². The third-order valence-corrected chi connectivity index (χ3v) is 4.23. The zero-order valence-electron chi connectivity index (χ0n) is 14.8. The lowest BCUT2D eigenvalue weighted by Crippen LogP contribution is -2.25. The Bertz CT molecular complexity index is 1120. The van der Waals surface area contributed by atoms with Crippen molar-refractivity contribution in [1.29, 1.82) is 0 Å². The van der Waals surface area contributed by atoms with Gasteiger partial charge < -0.3 is 14.8 Å². The lowest BCUT2D eigenvalue weighted by Gasteiger charge is -2.16. The molecule has 0 aliphatic heterocycles. The Hall–Kier alpha value is -3.29. The highest BCUT2D eigenvalue weighted by molar-refractivity contribution is 5.84. The number of rotatable bonds is 3. The summed E-state index contributed by atoms with van der Waals surface area (Å²) < 4.78 is 33.5. The van der Waals surface area contributed by atoms with E-state index in [1.54, 1.807) is 26.0 Å². The van der Waals surface area contributed by atoms with Crippen LogP contribution in [-0.2, 0) is 0 Å². The fraction of sp³-hybridized carbons (Fsp3) is 0.211. The van der Waals surface area contributed by atoms with Crippen LogP contribution in [0.3, 0.4) is 0 Å². The Morgan fingerprint density at radius 2 is 1.96 bits per heavy atom. The molecule has 0 aliphatic carbocycles. The molecule has 140 valence electrons. The van der Waals surface area contributed by atoms with Crippen LogP contribution in [0.4, 0.5) is 13.6 Å². The van der Waals surface area contributed by atoms with Crippen LogP contribution >= 0.6 is 0 Å². The van der Waals surface area contributed by atoms with Crippen LogP contribution in [0.5, 0.6) is 0 Å². The number of aromatic nitrogens is 1. The summed E-state index contributed by atoms with van der Waals surface area (Å²) in [6, 6.07) is 4.33. The van der Waals surface area contributed by atoms with E-state index in [9.17, 15) is 18.4 Å². The van der Waals surface area contributed by atoms with Crippen LogP contribution in [0.15, 0.2) is 33.5 Å². The number of pyridine rings is 1. The van der Waals surface area contributed by atoms with Crippen molar-refractivity contribution < 1.29 is 23.1 Å². The average molecular weight is 374 g/mol. The Morgan fingerprint density at radius 1 is 1.26 bits per heavy atom. The van der Waals surface area contributed by atoms with Gasteiger partial charge in [0.15, 0.2) is 17.0 Å². The van der Waals surface area contributed by atoms with Gasteiger partial charge in [-0.2, -0.15) is 4.39 Å². The van der Waals surface area contributed by atoms with Crippen molar-refractivity contribution in [3.63, 3.8) is 0 Å². The van der Waals surface area contributed by atoms with Crippen molar-refractivity contribution in [2.75, 3.05) is 0 Å². The number of carboxylic acid groups (broad SMARTS) is 1. The molecule has 3 rings (SSSR count). The van der Waals surface area contributed by atoms with Crippen LogP contribution in [0, 0.1) is 25.6 Å². The van der Waals surface area contributed by atoms with Crippen molar-refractivity contribution in [3.05, 3.63) is 62.9 Å². The molecule has 1 amide bonds. The standard InChI is InChI=1S/C19H16F2N2O4/c1-8-6-11(10(3)22-19(25)26)18-12(7-8)16(24)9(2)17(27-18)15-13(20)4-5-14(21)23-15/h4-7,10,22H,1-3H3,(H,25,26). The summed E-state index contributed by atoms with van der Waals surface area (Å²) in [6.45, 7) is 4.78. The van der Waals surface area contributed by atoms with Gasteiger partial charge in [0, 0.05) is 11.1 Å². The van der Waals surface area contributed by atoms with Gasteiger partial charge >= 0.3 is 6.09 Å². The maximum atomic E-state index is 14.2. The summed E-state index contributed by atoms with van der Waals surface area (Å²) in [7, 11) is 0. The van der Waals surface area contributed by atoms with E-state index in [4.69, 9.17) is 9.52 Å². The Balaban J connectivity index is 2.37. The molecule has 0 radical (unpaired) electrons. The molecule has 8 heteroatoms. The largest absolute Gasteiger partial charge is 0.465 e. The fourth-order valence-electron chi connectivity index (χ4n) is 2.96. The van der Waals surface area contributed by atoms with E-state index in [0.717, 1.165) is 17.7 Å². The smallest absolute Gasteiger partial charge is 0.405 e. The van der Waals surface area contributed by atoms with E-state index in [0.29, 0.717) is 5.56 Å². The zero-order valence-corrected chi connectivity index (χ0v) is 14.8. The maximum Gasteiger partial charge on any atom is 0.405 e. The van der Waals surface area contributed by atoms with Gasteiger partial charge in [0.05, 0.1) is 11.4 Å². The summed E-state index contributed by atoms with van der Waals surface area (Å²) in [5.41, 5.74) is 0.461. The van der Waals surface area contributed by atoms with Crippen molar-refractivity contribution in [1.82, 2.24) is 10.3 Å². The lowest BCUT2D eigenvalue weighted by molar-refractivity contribution is 0.191. The number of halogens is 2. The van der Waals surface area contributed by atoms with Gasteiger partial charge in [-0.25, -0.2) is 14.2 Å². The molecule has 6 nitrogen and oxygen atoms in total. The summed E-state index contributed by atoms with van der Waals surface area (Å²) in [6.07, 6.45) is -1.25. The van der Waals surface area contributed by atoms with Gasteiger partial charge in [0.1, 0.15) is 11.3 Å². The summed E-state index contributed by atoms with van der Waals surface area (Å²) >= 11 is 0. The Labute approximate surface area is 152 Å². The first-order valence-corrected chi connectivity index (χ1v) is 8.09. The van der Waals surface area contributed by atoms with E-state index < -0.39 is 35.0 Å². The second-order valence-electron chi connectivity index (χ2n) is 6.25. The minimum Gasteiger partial charge on any atom is -0.465 e. The number of hydrogen-bond acceptors (Lipinski definition) is 4. The molecule has 1 aromatic carbocycles. The molecular weight excluding hydrogens is 358 g/mol. The molecular formula is C19H16F2N2O4. The van der Waals surface area contributed by atoms with Crippen LogP contribution in [0.1, 0.15) is 29.7 Å². The van der Waals surface area contributed by atoms with E-state index >= 15 is 0 Å². The van der Waals surface area contributed by atoms with E-state index in [2.05, 4.69) is 10.3 Å². The van der Waals surface area contributed by atoms with Crippen LogP contribution in [-0.4, -0.2) is 16.2 Å². The quantitative estimate of drug-likeness (QED) is 0.674. The van der Waals surface area contributed by atoms with Crippen molar-refractivity contribution in [2.45, 2.75) is 26.8 Å². The predicted octanol–water partition coefficient (Wildman–Crippen LogP) is 4.08. The van der Waals surface area contributed by atoms with Gasteiger partial charge in [-0.3, -0.25) is 4.79 Å². The molecule has 0 spiro atoms. The highest BCUT2D eigenvalue weighted by Gasteiger charge is 2.22. The summed E-state index contributed by atoms with van der Waals surface area (Å²) in [5, 5.41) is 11.5. The van der Waals surface area contributed by atoms with Gasteiger partial charge in [-0.15, -0.1) is 0 Å².